The van der Waals surface area contributed by atoms with E-state index in [4.69, 9.17) is 0 Å². The zero-order chi connectivity index (χ0) is 33.9. The van der Waals surface area contributed by atoms with E-state index in [2.05, 4.69) is 19.9 Å². The molecule has 0 saturated heterocycles. The molecule has 3 aromatic rings. The summed E-state index contributed by atoms with van der Waals surface area (Å²) in [6.07, 6.45) is 1.95. The third-order valence-corrected chi connectivity index (χ3v) is 11.6. The topological polar surface area (TPSA) is 163 Å². The number of halogens is 3. The van der Waals surface area contributed by atoms with Gasteiger partial charge in [-0.15, -0.1) is 11.3 Å². The Bertz CT molecular complexity index is 1730. The van der Waals surface area contributed by atoms with Crippen molar-refractivity contribution in [2.45, 2.75) is 94.6 Å². The summed E-state index contributed by atoms with van der Waals surface area (Å²) in [6, 6.07) is 1.78. The minimum absolute atomic E-state index is 0.0214. The third kappa shape index (κ3) is 6.35. The van der Waals surface area contributed by atoms with E-state index >= 15 is 0 Å². The highest BCUT2D eigenvalue weighted by Crippen LogP contribution is 2.68. The number of pyridine rings is 1. The number of thiazole rings is 1. The van der Waals surface area contributed by atoms with E-state index in [1.54, 1.807) is 31.6 Å². The average molecular weight is 673 g/mol. The molecule has 0 radical (unpaired) electrons. The summed E-state index contributed by atoms with van der Waals surface area (Å²) in [5.74, 6) is -5.53. The number of nitrogens with zero attached hydrogens (tertiary/aromatic N) is 4. The Hall–Kier alpha value is -3.94. The van der Waals surface area contributed by atoms with Crippen LogP contribution in [0.2, 0.25) is 0 Å². The monoisotopic (exact) mass is 672 g/mol. The highest BCUT2D eigenvalue weighted by molar-refractivity contribution is 7.11. The minimum atomic E-state index is -4.60. The van der Waals surface area contributed by atoms with Gasteiger partial charge in [0.05, 0.1) is 35.4 Å². The number of carboxylic acids is 3. The maximum Gasteiger partial charge on any atom is 0.395 e. The molecule has 10 nitrogen and oxygen atoms in total. The number of aryl methyl sites for hydroxylation is 2. The van der Waals surface area contributed by atoms with E-state index in [-0.39, 0.29) is 49.0 Å². The molecule has 4 unspecified atom stereocenters. The molecular formula is C33H35F3N4O6S. The van der Waals surface area contributed by atoms with Crippen molar-refractivity contribution in [2.75, 3.05) is 0 Å². The van der Waals surface area contributed by atoms with Crippen molar-refractivity contribution < 1.29 is 42.9 Å². The molecule has 6 rings (SSSR count). The number of carbonyl (C=O) groups is 3. The standard InChI is InChI=1S/C33H35F3N4O6S/c1-16-38-14-24(25(10-28(43)44)32(4-5-32)33(34,35)36)30(40-16)23-8-21(23)22(9-27(41)42)20-3-6-37-13-18(20)7-19-11-31(19,12-29(45)46)26-15-39-17(2)47-26/h3,6,13-15,19,21-23,25H,4-5,7-12H2,1-2H3,(H,41,42)(H,43,44)(H,45,46)/t19?,21?,22-,23?,25+,31?/m1/s1. The van der Waals surface area contributed by atoms with Gasteiger partial charge in [0, 0.05) is 46.9 Å². The Morgan fingerprint density at radius 2 is 1.72 bits per heavy atom. The van der Waals surface area contributed by atoms with Crippen LogP contribution in [0.25, 0.3) is 0 Å². The molecule has 47 heavy (non-hydrogen) atoms. The molecular weight excluding hydrogens is 637 g/mol. The number of rotatable bonds is 14. The Kier molecular flexibility index (Phi) is 8.38. The molecule has 250 valence electrons. The van der Waals surface area contributed by atoms with Crippen LogP contribution in [0.4, 0.5) is 13.2 Å². The average Bonchev–Trinajstić information content (AvgIpc) is 3.91. The fraction of sp³-hybridized carbons (Fsp3) is 0.545. The highest BCUT2D eigenvalue weighted by atomic mass is 32.1. The molecule has 3 aromatic heterocycles. The van der Waals surface area contributed by atoms with Gasteiger partial charge in [-0.25, -0.2) is 15.0 Å². The van der Waals surface area contributed by atoms with Crippen LogP contribution < -0.4 is 0 Å². The van der Waals surface area contributed by atoms with Crippen molar-refractivity contribution in [2.24, 2.45) is 17.3 Å². The second-order valence-electron chi connectivity index (χ2n) is 13.4. The summed E-state index contributed by atoms with van der Waals surface area (Å²) < 4.78 is 43.0. The fourth-order valence-corrected chi connectivity index (χ4v) is 8.86. The largest absolute Gasteiger partial charge is 0.481 e. The van der Waals surface area contributed by atoms with Crippen LogP contribution in [-0.2, 0) is 26.2 Å². The molecule has 3 fully saturated rings. The van der Waals surface area contributed by atoms with Gasteiger partial charge >= 0.3 is 24.1 Å². The van der Waals surface area contributed by atoms with Crippen molar-refractivity contribution in [1.29, 1.82) is 0 Å². The number of aliphatic carboxylic acids is 3. The Morgan fingerprint density at radius 1 is 1.00 bits per heavy atom. The molecule has 3 aliphatic carbocycles. The van der Waals surface area contributed by atoms with Crippen LogP contribution in [0.15, 0.2) is 30.9 Å². The molecule has 0 aliphatic heterocycles. The maximum atomic E-state index is 14.3. The molecule has 0 aromatic carbocycles. The number of carboxylic acid groups (broad SMARTS) is 3. The summed E-state index contributed by atoms with van der Waals surface area (Å²) >= 11 is 1.47. The van der Waals surface area contributed by atoms with Gasteiger partial charge in [0.15, 0.2) is 0 Å². The molecule has 3 N–H and O–H groups in total. The number of alkyl halides is 3. The lowest BCUT2D eigenvalue weighted by atomic mass is 9.78. The molecule has 3 saturated carbocycles. The molecule has 0 bridgehead atoms. The van der Waals surface area contributed by atoms with Gasteiger partial charge in [0.1, 0.15) is 5.82 Å². The van der Waals surface area contributed by atoms with Gasteiger partial charge in [-0.05, 0) is 86.5 Å². The van der Waals surface area contributed by atoms with E-state index in [1.807, 2.05) is 6.92 Å². The smallest absolute Gasteiger partial charge is 0.395 e. The van der Waals surface area contributed by atoms with Gasteiger partial charge in [-0.3, -0.25) is 19.4 Å². The normalized spacial score (nSPS) is 25.5. The van der Waals surface area contributed by atoms with Crippen LogP contribution >= 0.6 is 11.3 Å². The number of hydrogen-bond donors (Lipinski definition) is 3. The fourth-order valence-electron chi connectivity index (χ4n) is 7.81. The lowest BCUT2D eigenvalue weighted by Gasteiger charge is -2.29. The summed E-state index contributed by atoms with van der Waals surface area (Å²) in [4.78, 5) is 54.2. The van der Waals surface area contributed by atoms with Crippen molar-refractivity contribution in [3.8, 4) is 0 Å². The van der Waals surface area contributed by atoms with E-state index in [0.717, 1.165) is 21.0 Å². The summed E-state index contributed by atoms with van der Waals surface area (Å²) in [5, 5.41) is 30.2. The first kappa shape index (κ1) is 33.0. The Labute approximate surface area is 272 Å². The van der Waals surface area contributed by atoms with Gasteiger partial charge < -0.3 is 15.3 Å². The quantitative estimate of drug-likeness (QED) is 0.180. The van der Waals surface area contributed by atoms with Crippen LogP contribution in [0.1, 0.15) is 101 Å². The third-order valence-electron chi connectivity index (χ3n) is 10.5. The predicted octanol–water partition coefficient (Wildman–Crippen LogP) is 6.18. The van der Waals surface area contributed by atoms with Crippen LogP contribution in [0, 0.1) is 31.1 Å². The SMILES string of the molecule is Cc1ncc([C@H](CC(=O)O)C2(C(F)(F)F)CC2)c(C2CC2[C@H](CC(=O)O)c2ccncc2CC2CC2(CC(=O)O)c2cnc(C)s2)n1. The van der Waals surface area contributed by atoms with Crippen molar-refractivity contribution in [3.63, 3.8) is 0 Å². The van der Waals surface area contributed by atoms with E-state index in [9.17, 15) is 42.9 Å². The first-order chi connectivity index (χ1) is 22.1. The molecule has 0 spiro atoms. The van der Waals surface area contributed by atoms with Crippen LogP contribution in [0.3, 0.4) is 0 Å². The molecule has 14 heteroatoms. The minimum Gasteiger partial charge on any atom is -0.481 e. The summed E-state index contributed by atoms with van der Waals surface area (Å²) in [6.45, 7) is 3.48. The second-order valence-corrected chi connectivity index (χ2v) is 14.7. The number of aromatic nitrogens is 4. The molecule has 3 aliphatic rings. The van der Waals surface area contributed by atoms with E-state index in [0.29, 0.717) is 30.8 Å². The van der Waals surface area contributed by atoms with Gasteiger partial charge in [-0.2, -0.15) is 13.2 Å². The lowest BCUT2D eigenvalue weighted by Crippen LogP contribution is -2.33. The molecule has 0 amide bonds. The molecule has 3 heterocycles. The maximum absolute atomic E-state index is 14.3. The first-order valence-corrected chi connectivity index (χ1v) is 16.4. The van der Waals surface area contributed by atoms with Gasteiger partial charge in [0.2, 0.25) is 0 Å². The zero-order valence-corrected chi connectivity index (χ0v) is 26.6. The Morgan fingerprint density at radius 3 is 2.32 bits per heavy atom. The van der Waals surface area contributed by atoms with Crippen molar-refractivity contribution >= 4 is 29.2 Å². The van der Waals surface area contributed by atoms with E-state index < -0.39 is 53.2 Å². The van der Waals surface area contributed by atoms with Crippen molar-refractivity contribution in [1.82, 2.24) is 19.9 Å². The predicted molar refractivity (Wildman–Crippen MR) is 162 cm³/mol. The highest BCUT2D eigenvalue weighted by Gasteiger charge is 2.68. The zero-order valence-electron chi connectivity index (χ0n) is 25.8. The summed E-state index contributed by atoms with van der Waals surface area (Å²) in [5.41, 5.74) is -0.640. The number of hydrogen-bond acceptors (Lipinski definition) is 8. The van der Waals surface area contributed by atoms with Crippen molar-refractivity contribution in [3.05, 3.63) is 68.9 Å². The molecule has 6 atom stereocenters. The van der Waals surface area contributed by atoms with Gasteiger partial charge in [-0.1, -0.05) is 0 Å². The summed E-state index contributed by atoms with van der Waals surface area (Å²) in [7, 11) is 0. The lowest BCUT2D eigenvalue weighted by molar-refractivity contribution is -0.195. The van der Waals surface area contributed by atoms with Crippen LogP contribution in [-0.4, -0.2) is 59.3 Å². The first-order valence-electron chi connectivity index (χ1n) is 15.6. The van der Waals surface area contributed by atoms with Crippen LogP contribution in [0.5, 0.6) is 0 Å². The van der Waals surface area contributed by atoms with Gasteiger partial charge in [0.25, 0.3) is 0 Å². The Balaban J connectivity index is 1.32. The second kappa shape index (κ2) is 11.9. The van der Waals surface area contributed by atoms with E-state index in [1.165, 1.54) is 17.5 Å².